The highest BCUT2D eigenvalue weighted by Gasteiger charge is 2.06. The Morgan fingerprint density at radius 2 is 2.00 bits per heavy atom. The maximum Gasteiger partial charge on any atom is 0.271 e. The highest BCUT2D eigenvalue weighted by Crippen LogP contribution is 1.99. The van der Waals surface area contributed by atoms with Gasteiger partial charge in [0, 0.05) is 13.0 Å². The molecule has 18 heavy (non-hydrogen) atoms. The minimum absolute atomic E-state index is 0.212. The third-order valence-electron chi connectivity index (χ3n) is 2.17. The van der Waals surface area contributed by atoms with Crippen molar-refractivity contribution in [3.63, 3.8) is 0 Å². The van der Waals surface area contributed by atoms with E-state index in [2.05, 4.69) is 20.7 Å². The molecule has 0 radical (unpaired) electrons. The SMILES string of the molecule is NNc1cnc(C(=O)NCCCCC(N)=O)cn1. The summed E-state index contributed by atoms with van der Waals surface area (Å²) in [7, 11) is 0. The number of primary amides is 1. The number of hydrazine groups is 1. The smallest absolute Gasteiger partial charge is 0.271 e. The summed E-state index contributed by atoms with van der Waals surface area (Å²) in [5, 5.41) is 2.66. The van der Waals surface area contributed by atoms with Crippen LogP contribution in [0.15, 0.2) is 12.4 Å². The summed E-state index contributed by atoms with van der Waals surface area (Å²) < 4.78 is 0. The van der Waals surface area contributed by atoms with Gasteiger partial charge >= 0.3 is 0 Å². The second kappa shape index (κ2) is 7.17. The molecule has 0 spiro atoms. The molecule has 0 aromatic carbocycles. The van der Waals surface area contributed by atoms with Crippen molar-refractivity contribution in [3.05, 3.63) is 18.1 Å². The molecule has 1 aromatic heterocycles. The predicted molar refractivity (Wildman–Crippen MR) is 65.2 cm³/mol. The summed E-state index contributed by atoms with van der Waals surface area (Å²) in [6, 6.07) is 0. The second-order valence-corrected chi connectivity index (χ2v) is 3.61. The highest BCUT2D eigenvalue weighted by molar-refractivity contribution is 5.91. The van der Waals surface area contributed by atoms with Crippen molar-refractivity contribution in [1.29, 1.82) is 0 Å². The Hall–Kier alpha value is -2.22. The first-order chi connectivity index (χ1) is 8.63. The van der Waals surface area contributed by atoms with E-state index in [-0.39, 0.29) is 17.5 Å². The summed E-state index contributed by atoms with van der Waals surface area (Å²) in [6.45, 7) is 0.463. The number of nitrogen functional groups attached to an aromatic ring is 1. The minimum atomic E-state index is -0.336. The number of aromatic nitrogens is 2. The number of anilines is 1. The Balaban J connectivity index is 2.29. The number of nitrogens with two attached hydrogens (primary N) is 2. The van der Waals surface area contributed by atoms with Crippen LogP contribution in [0.2, 0.25) is 0 Å². The maximum atomic E-state index is 11.6. The molecule has 2 amide bonds. The first-order valence-corrected chi connectivity index (χ1v) is 5.48. The van der Waals surface area contributed by atoms with Gasteiger partial charge in [0.2, 0.25) is 5.91 Å². The Bertz CT molecular complexity index is 405. The van der Waals surface area contributed by atoms with E-state index in [4.69, 9.17) is 11.6 Å². The lowest BCUT2D eigenvalue weighted by Gasteiger charge is -2.04. The zero-order chi connectivity index (χ0) is 13.4. The number of hydrogen-bond donors (Lipinski definition) is 4. The van der Waals surface area contributed by atoms with Gasteiger partial charge in [-0.2, -0.15) is 0 Å². The third kappa shape index (κ3) is 4.74. The number of carbonyl (C=O) groups is 2. The Labute approximate surface area is 104 Å². The van der Waals surface area contributed by atoms with E-state index in [0.29, 0.717) is 31.6 Å². The monoisotopic (exact) mass is 252 g/mol. The first-order valence-electron chi connectivity index (χ1n) is 5.48. The van der Waals surface area contributed by atoms with Gasteiger partial charge in [-0.3, -0.25) is 9.59 Å². The van der Waals surface area contributed by atoms with Gasteiger partial charge in [-0.05, 0) is 12.8 Å². The normalized spacial score (nSPS) is 9.83. The molecule has 0 saturated carbocycles. The predicted octanol–water partition coefficient (Wildman–Crippen LogP) is -0.852. The molecule has 0 unspecified atom stereocenters. The summed E-state index contributed by atoms with van der Waals surface area (Å²) in [4.78, 5) is 29.8. The Morgan fingerprint density at radius 3 is 2.56 bits per heavy atom. The number of nitrogens with zero attached hydrogens (tertiary/aromatic N) is 2. The topological polar surface area (TPSA) is 136 Å². The van der Waals surface area contributed by atoms with E-state index < -0.39 is 0 Å². The number of amides is 2. The zero-order valence-corrected chi connectivity index (χ0v) is 9.85. The molecular weight excluding hydrogens is 236 g/mol. The molecule has 98 valence electrons. The number of nitrogens with one attached hydrogen (secondary N) is 2. The van der Waals surface area contributed by atoms with Gasteiger partial charge in [-0.25, -0.2) is 15.8 Å². The molecule has 1 heterocycles. The van der Waals surface area contributed by atoms with Crippen LogP contribution in [0.25, 0.3) is 0 Å². The van der Waals surface area contributed by atoms with Crippen LogP contribution >= 0.6 is 0 Å². The summed E-state index contributed by atoms with van der Waals surface area (Å²) in [6.07, 6.45) is 4.35. The lowest BCUT2D eigenvalue weighted by atomic mass is 10.2. The summed E-state index contributed by atoms with van der Waals surface area (Å²) >= 11 is 0. The van der Waals surface area contributed by atoms with Crippen LogP contribution in [0.1, 0.15) is 29.8 Å². The van der Waals surface area contributed by atoms with Gasteiger partial charge in [-0.1, -0.05) is 0 Å². The van der Waals surface area contributed by atoms with E-state index in [9.17, 15) is 9.59 Å². The van der Waals surface area contributed by atoms with E-state index in [0.717, 1.165) is 0 Å². The summed E-state index contributed by atoms with van der Waals surface area (Å²) in [5.74, 6) is 4.85. The average molecular weight is 252 g/mol. The largest absolute Gasteiger partial charge is 0.370 e. The van der Waals surface area contributed by atoms with E-state index in [1.54, 1.807) is 0 Å². The van der Waals surface area contributed by atoms with Gasteiger partial charge in [0.25, 0.3) is 5.91 Å². The minimum Gasteiger partial charge on any atom is -0.370 e. The molecule has 0 aliphatic heterocycles. The highest BCUT2D eigenvalue weighted by atomic mass is 16.2. The standard InChI is InChI=1S/C10H16N6O2/c11-8(17)3-1-2-4-13-10(18)7-5-15-9(16-12)6-14-7/h5-6H,1-4,12H2,(H2,11,17)(H,13,18)(H,15,16). The molecular formula is C10H16N6O2. The zero-order valence-electron chi connectivity index (χ0n) is 9.85. The molecule has 0 aliphatic rings. The van der Waals surface area contributed by atoms with Gasteiger partial charge < -0.3 is 16.5 Å². The number of rotatable bonds is 7. The van der Waals surface area contributed by atoms with Crippen molar-refractivity contribution in [3.8, 4) is 0 Å². The van der Waals surface area contributed by atoms with Crippen molar-refractivity contribution in [2.45, 2.75) is 19.3 Å². The van der Waals surface area contributed by atoms with Crippen molar-refractivity contribution in [1.82, 2.24) is 15.3 Å². The molecule has 1 rings (SSSR count). The van der Waals surface area contributed by atoms with Crippen LogP contribution in [0.5, 0.6) is 0 Å². The number of hydrogen-bond acceptors (Lipinski definition) is 6. The Kier molecular flexibility index (Phi) is 5.52. The van der Waals surface area contributed by atoms with Crippen molar-refractivity contribution in [2.24, 2.45) is 11.6 Å². The molecule has 8 heteroatoms. The molecule has 1 aromatic rings. The molecule has 8 nitrogen and oxygen atoms in total. The van der Waals surface area contributed by atoms with Crippen LogP contribution < -0.4 is 22.3 Å². The van der Waals surface area contributed by atoms with E-state index in [1.165, 1.54) is 12.4 Å². The third-order valence-corrected chi connectivity index (χ3v) is 2.17. The van der Waals surface area contributed by atoms with Crippen molar-refractivity contribution in [2.75, 3.05) is 12.0 Å². The van der Waals surface area contributed by atoms with E-state index >= 15 is 0 Å². The molecule has 0 bridgehead atoms. The van der Waals surface area contributed by atoms with Crippen LogP contribution in [-0.2, 0) is 4.79 Å². The van der Waals surface area contributed by atoms with Crippen LogP contribution in [0.4, 0.5) is 5.82 Å². The van der Waals surface area contributed by atoms with Gasteiger partial charge in [-0.15, -0.1) is 0 Å². The maximum absolute atomic E-state index is 11.6. The van der Waals surface area contributed by atoms with Crippen molar-refractivity contribution < 1.29 is 9.59 Å². The lowest BCUT2D eigenvalue weighted by molar-refractivity contribution is -0.118. The van der Waals surface area contributed by atoms with E-state index in [1.807, 2.05) is 0 Å². The van der Waals surface area contributed by atoms with Crippen LogP contribution in [-0.4, -0.2) is 28.3 Å². The van der Waals surface area contributed by atoms with Gasteiger partial charge in [0.1, 0.15) is 5.69 Å². The Morgan fingerprint density at radius 1 is 1.22 bits per heavy atom. The van der Waals surface area contributed by atoms with Crippen LogP contribution in [0, 0.1) is 0 Å². The lowest BCUT2D eigenvalue weighted by Crippen LogP contribution is -2.26. The molecule has 0 atom stereocenters. The fraction of sp³-hybridized carbons (Fsp3) is 0.400. The number of unbranched alkanes of at least 4 members (excludes halogenated alkanes) is 1. The molecule has 0 saturated heterocycles. The first kappa shape index (κ1) is 13.8. The van der Waals surface area contributed by atoms with Gasteiger partial charge in [0.15, 0.2) is 5.82 Å². The summed E-state index contributed by atoms with van der Waals surface area (Å²) in [5.41, 5.74) is 7.52. The fourth-order valence-corrected chi connectivity index (χ4v) is 1.24. The van der Waals surface area contributed by atoms with Crippen LogP contribution in [0.3, 0.4) is 0 Å². The molecule has 0 aliphatic carbocycles. The quantitative estimate of drug-likeness (QED) is 0.283. The molecule has 0 fully saturated rings. The second-order valence-electron chi connectivity index (χ2n) is 3.61. The van der Waals surface area contributed by atoms with Gasteiger partial charge in [0.05, 0.1) is 12.4 Å². The van der Waals surface area contributed by atoms with Crippen molar-refractivity contribution >= 4 is 17.6 Å². The fourth-order valence-electron chi connectivity index (χ4n) is 1.24. The average Bonchev–Trinajstić information content (AvgIpc) is 2.38. The molecule has 6 N–H and O–H groups in total. The number of carbonyl (C=O) groups excluding carboxylic acids is 2.